The summed E-state index contributed by atoms with van der Waals surface area (Å²) in [5.41, 5.74) is -1.14. The standard InChI is InChI=1S/C22H36O5/c1-3-5-14-22(27,4-2)15-10-12-18-17(19(23)16-20(18)24)11-8-6-7-9-13-21(25)26/h2,10,12,17-20,23-24,27H,3,5-9,11,13-16H2,1H3,(H,25,26)/t17-,18-,19+,20-,22?/m1/s1. The van der Waals surface area contributed by atoms with Crippen molar-refractivity contribution in [1.29, 1.82) is 0 Å². The lowest BCUT2D eigenvalue weighted by atomic mass is 9.87. The molecule has 5 heteroatoms. The van der Waals surface area contributed by atoms with Crippen LogP contribution in [-0.2, 0) is 4.79 Å². The number of terminal acetylenes is 1. The van der Waals surface area contributed by atoms with Crippen LogP contribution in [-0.4, -0.2) is 44.2 Å². The van der Waals surface area contributed by atoms with Gasteiger partial charge in [-0.2, -0.15) is 0 Å². The van der Waals surface area contributed by atoms with Gasteiger partial charge in [-0.05, 0) is 31.6 Å². The second kappa shape index (κ2) is 12.2. The van der Waals surface area contributed by atoms with Gasteiger partial charge in [-0.3, -0.25) is 4.79 Å². The van der Waals surface area contributed by atoms with Crippen LogP contribution in [0.2, 0.25) is 0 Å². The minimum Gasteiger partial charge on any atom is -0.481 e. The van der Waals surface area contributed by atoms with Crippen LogP contribution in [0, 0.1) is 24.2 Å². The van der Waals surface area contributed by atoms with Crippen molar-refractivity contribution in [2.24, 2.45) is 11.8 Å². The van der Waals surface area contributed by atoms with Crippen molar-refractivity contribution < 1.29 is 25.2 Å². The summed E-state index contributed by atoms with van der Waals surface area (Å²) in [6.07, 6.45) is 15.6. The molecule has 154 valence electrons. The van der Waals surface area contributed by atoms with Gasteiger partial charge in [0.1, 0.15) is 5.60 Å². The number of carboxylic acids is 1. The Morgan fingerprint density at radius 1 is 1.19 bits per heavy atom. The molecule has 1 unspecified atom stereocenters. The zero-order valence-electron chi connectivity index (χ0n) is 16.5. The molecule has 0 aromatic rings. The predicted octanol–water partition coefficient (Wildman–Crippen LogP) is 3.27. The molecule has 1 saturated carbocycles. The van der Waals surface area contributed by atoms with Crippen LogP contribution in [0.25, 0.3) is 0 Å². The quantitative estimate of drug-likeness (QED) is 0.223. The monoisotopic (exact) mass is 380 g/mol. The van der Waals surface area contributed by atoms with Crippen molar-refractivity contribution in [3.05, 3.63) is 12.2 Å². The minimum absolute atomic E-state index is 0.00899. The van der Waals surface area contributed by atoms with Gasteiger partial charge in [0, 0.05) is 25.2 Å². The maximum Gasteiger partial charge on any atom is 0.303 e. The molecule has 0 radical (unpaired) electrons. The van der Waals surface area contributed by atoms with Crippen molar-refractivity contribution in [3.8, 4) is 12.3 Å². The number of aliphatic hydroxyl groups excluding tert-OH is 2. The summed E-state index contributed by atoms with van der Waals surface area (Å²) >= 11 is 0. The molecule has 5 atom stereocenters. The maximum atomic E-state index is 10.5. The van der Waals surface area contributed by atoms with Crippen LogP contribution < -0.4 is 0 Å². The molecule has 4 N–H and O–H groups in total. The summed E-state index contributed by atoms with van der Waals surface area (Å²) in [6, 6.07) is 0. The maximum absolute atomic E-state index is 10.5. The van der Waals surface area contributed by atoms with Gasteiger partial charge in [0.15, 0.2) is 0 Å². The van der Waals surface area contributed by atoms with Gasteiger partial charge in [0.25, 0.3) is 0 Å². The minimum atomic E-state index is -1.14. The van der Waals surface area contributed by atoms with Gasteiger partial charge in [-0.15, -0.1) is 6.42 Å². The molecule has 0 amide bonds. The molecular weight excluding hydrogens is 344 g/mol. The molecule has 1 aliphatic carbocycles. The van der Waals surface area contributed by atoms with E-state index in [9.17, 15) is 20.1 Å². The van der Waals surface area contributed by atoms with Gasteiger partial charge in [0.2, 0.25) is 0 Å². The van der Waals surface area contributed by atoms with E-state index in [1.54, 1.807) is 0 Å². The summed E-state index contributed by atoms with van der Waals surface area (Å²) in [7, 11) is 0. The van der Waals surface area contributed by atoms with E-state index in [1.165, 1.54) is 0 Å². The molecule has 0 heterocycles. The molecule has 0 aromatic heterocycles. The fraction of sp³-hybridized carbons (Fsp3) is 0.773. The number of aliphatic hydroxyl groups is 3. The highest BCUT2D eigenvalue weighted by molar-refractivity contribution is 5.66. The van der Waals surface area contributed by atoms with Gasteiger partial charge in [-0.25, -0.2) is 0 Å². The third-order valence-electron chi connectivity index (χ3n) is 5.62. The molecule has 1 fully saturated rings. The first-order chi connectivity index (χ1) is 12.8. The van der Waals surface area contributed by atoms with Crippen molar-refractivity contribution in [2.75, 3.05) is 0 Å². The Bertz CT molecular complexity index is 509. The van der Waals surface area contributed by atoms with E-state index in [4.69, 9.17) is 11.5 Å². The van der Waals surface area contributed by atoms with E-state index < -0.39 is 23.8 Å². The van der Waals surface area contributed by atoms with Crippen LogP contribution in [0.3, 0.4) is 0 Å². The van der Waals surface area contributed by atoms with E-state index in [0.29, 0.717) is 25.7 Å². The molecule has 1 aliphatic rings. The molecule has 0 aromatic carbocycles. The van der Waals surface area contributed by atoms with Crippen molar-refractivity contribution in [1.82, 2.24) is 0 Å². The fourth-order valence-electron chi connectivity index (χ4n) is 3.91. The van der Waals surface area contributed by atoms with E-state index in [1.807, 2.05) is 12.2 Å². The molecule has 0 spiro atoms. The van der Waals surface area contributed by atoms with Crippen molar-refractivity contribution in [3.63, 3.8) is 0 Å². The van der Waals surface area contributed by atoms with Gasteiger partial charge < -0.3 is 20.4 Å². The van der Waals surface area contributed by atoms with E-state index >= 15 is 0 Å². The Hall–Kier alpha value is -1.35. The summed E-state index contributed by atoms with van der Waals surface area (Å²) in [6.45, 7) is 2.05. The first-order valence-electron chi connectivity index (χ1n) is 10.3. The number of aliphatic carboxylic acids is 1. The Balaban J connectivity index is 2.50. The van der Waals surface area contributed by atoms with Crippen LogP contribution in [0.15, 0.2) is 12.2 Å². The molecule has 27 heavy (non-hydrogen) atoms. The number of hydrogen-bond donors (Lipinski definition) is 4. The van der Waals surface area contributed by atoms with Gasteiger partial charge >= 0.3 is 5.97 Å². The smallest absolute Gasteiger partial charge is 0.303 e. The highest BCUT2D eigenvalue weighted by Crippen LogP contribution is 2.37. The highest BCUT2D eigenvalue weighted by atomic mass is 16.4. The van der Waals surface area contributed by atoms with Crippen molar-refractivity contribution >= 4 is 5.97 Å². The summed E-state index contributed by atoms with van der Waals surface area (Å²) in [5.74, 6) is 1.58. The Kier molecular flexibility index (Phi) is 10.7. The summed E-state index contributed by atoms with van der Waals surface area (Å²) in [5, 5.41) is 39.6. The topological polar surface area (TPSA) is 98.0 Å². The fourth-order valence-corrected chi connectivity index (χ4v) is 3.91. The number of carbonyl (C=O) groups is 1. The second-order valence-electron chi connectivity index (χ2n) is 7.87. The molecular formula is C22H36O5. The molecule has 0 saturated heterocycles. The third-order valence-corrected chi connectivity index (χ3v) is 5.62. The Labute approximate surface area is 163 Å². The summed E-state index contributed by atoms with van der Waals surface area (Å²) in [4.78, 5) is 10.5. The number of rotatable bonds is 13. The molecule has 0 bridgehead atoms. The first-order valence-corrected chi connectivity index (χ1v) is 10.3. The van der Waals surface area contributed by atoms with Crippen LogP contribution in [0.4, 0.5) is 0 Å². The Morgan fingerprint density at radius 3 is 2.52 bits per heavy atom. The molecule has 0 aliphatic heterocycles. The third kappa shape index (κ3) is 8.47. The zero-order valence-corrected chi connectivity index (χ0v) is 16.5. The zero-order chi connectivity index (χ0) is 20.3. The van der Waals surface area contributed by atoms with Crippen LogP contribution in [0.5, 0.6) is 0 Å². The number of hydrogen-bond acceptors (Lipinski definition) is 4. The first kappa shape index (κ1) is 23.7. The van der Waals surface area contributed by atoms with Gasteiger partial charge in [0.05, 0.1) is 12.2 Å². The van der Waals surface area contributed by atoms with Crippen LogP contribution in [0.1, 0.15) is 77.6 Å². The van der Waals surface area contributed by atoms with E-state index in [-0.39, 0.29) is 18.3 Å². The van der Waals surface area contributed by atoms with Crippen molar-refractivity contribution in [2.45, 2.75) is 95.4 Å². The number of carboxylic acid groups (broad SMARTS) is 1. The predicted molar refractivity (Wildman–Crippen MR) is 106 cm³/mol. The highest BCUT2D eigenvalue weighted by Gasteiger charge is 2.39. The van der Waals surface area contributed by atoms with E-state index in [0.717, 1.165) is 38.5 Å². The lowest BCUT2D eigenvalue weighted by molar-refractivity contribution is -0.137. The molecule has 1 rings (SSSR count). The average molecular weight is 381 g/mol. The Morgan fingerprint density at radius 2 is 1.89 bits per heavy atom. The largest absolute Gasteiger partial charge is 0.481 e. The lowest BCUT2D eigenvalue weighted by Crippen LogP contribution is -2.26. The second-order valence-corrected chi connectivity index (χ2v) is 7.87. The van der Waals surface area contributed by atoms with Gasteiger partial charge in [-0.1, -0.05) is 50.7 Å². The lowest BCUT2D eigenvalue weighted by Gasteiger charge is -2.22. The summed E-state index contributed by atoms with van der Waals surface area (Å²) < 4.78 is 0. The molecule has 5 nitrogen and oxygen atoms in total. The average Bonchev–Trinajstić information content (AvgIpc) is 2.89. The van der Waals surface area contributed by atoms with Crippen LogP contribution >= 0.6 is 0 Å². The van der Waals surface area contributed by atoms with E-state index in [2.05, 4.69) is 12.8 Å². The normalized spacial score (nSPS) is 27.5. The SMILES string of the molecule is C#CC(O)(CC=C[C@@H]1[C@@H](CCCCCCC(=O)O)[C@@H](O)C[C@H]1O)CCCC. The number of unbranched alkanes of at least 4 members (excludes halogenated alkanes) is 4.